The molecule has 1 amide bonds. The number of likely N-dealkylation sites (tertiary alicyclic amines) is 1. The van der Waals surface area contributed by atoms with Crippen LogP contribution in [0.5, 0.6) is 0 Å². The summed E-state index contributed by atoms with van der Waals surface area (Å²) in [6, 6.07) is 2.48. The first-order chi connectivity index (χ1) is 9.22. The van der Waals surface area contributed by atoms with Crippen LogP contribution in [0.1, 0.15) is 37.2 Å². The molecule has 2 fully saturated rings. The lowest BCUT2D eigenvalue weighted by Gasteiger charge is -2.32. The lowest BCUT2D eigenvalue weighted by Crippen LogP contribution is -2.50. The Morgan fingerprint density at radius 2 is 2.26 bits per heavy atom. The molecular weight excluding hydrogens is 240 g/mol. The second-order valence-corrected chi connectivity index (χ2v) is 5.49. The van der Waals surface area contributed by atoms with Crippen molar-refractivity contribution in [1.29, 1.82) is 0 Å². The molecule has 5 nitrogen and oxygen atoms in total. The molecule has 1 unspecified atom stereocenters. The molecular formula is C14H20N4O. The molecule has 1 aliphatic heterocycles. The first kappa shape index (κ1) is 12.5. The van der Waals surface area contributed by atoms with E-state index in [0.29, 0.717) is 12.6 Å². The molecule has 102 valence electrons. The van der Waals surface area contributed by atoms with E-state index >= 15 is 0 Å². The number of amides is 1. The van der Waals surface area contributed by atoms with Gasteiger partial charge in [-0.15, -0.1) is 0 Å². The quantitative estimate of drug-likeness (QED) is 0.878. The highest BCUT2D eigenvalue weighted by atomic mass is 16.2. The van der Waals surface area contributed by atoms with Crippen molar-refractivity contribution in [3.63, 3.8) is 0 Å². The number of piperidine rings is 1. The van der Waals surface area contributed by atoms with Gasteiger partial charge in [0, 0.05) is 18.8 Å². The number of aromatic nitrogens is 2. The summed E-state index contributed by atoms with van der Waals surface area (Å²) >= 11 is 0. The van der Waals surface area contributed by atoms with Crippen LogP contribution in [0.4, 0.5) is 0 Å². The van der Waals surface area contributed by atoms with Crippen molar-refractivity contribution in [1.82, 2.24) is 20.2 Å². The summed E-state index contributed by atoms with van der Waals surface area (Å²) in [4.78, 5) is 22.8. The minimum atomic E-state index is 0.0178. The SMILES string of the molecule is Cc1nccc(CN2CCCC(NC3CC3)C2=O)n1. The topological polar surface area (TPSA) is 58.1 Å². The molecule has 2 aliphatic rings. The molecule has 1 aliphatic carbocycles. The van der Waals surface area contributed by atoms with Crippen LogP contribution in [-0.4, -0.2) is 39.4 Å². The lowest BCUT2D eigenvalue weighted by atomic mass is 10.0. The van der Waals surface area contributed by atoms with E-state index in [1.54, 1.807) is 6.20 Å². The Labute approximate surface area is 113 Å². The molecule has 1 aromatic rings. The smallest absolute Gasteiger partial charge is 0.240 e. The second-order valence-electron chi connectivity index (χ2n) is 5.49. The van der Waals surface area contributed by atoms with Gasteiger partial charge in [-0.25, -0.2) is 9.97 Å². The molecule has 0 bridgehead atoms. The van der Waals surface area contributed by atoms with E-state index in [2.05, 4.69) is 15.3 Å². The first-order valence-corrected chi connectivity index (χ1v) is 7.06. The van der Waals surface area contributed by atoms with Gasteiger partial charge >= 0.3 is 0 Å². The Hall–Kier alpha value is -1.49. The highest BCUT2D eigenvalue weighted by molar-refractivity contribution is 5.82. The highest BCUT2D eigenvalue weighted by Crippen LogP contribution is 2.23. The zero-order valence-corrected chi connectivity index (χ0v) is 11.3. The number of hydrogen-bond acceptors (Lipinski definition) is 4. The molecule has 0 radical (unpaired) electrons. The Balaban J connectivity index is 1.64. The molecule has 1 saturated heterocycles. The van der Waals surface area contributed by atoms with Crippen LogP contribution in [0.15, 0.2) is 12.3 Å². The fraction of sp³-hybridized carbons (Fsp3) is 0.643. The molecule has 1 saturated carbocycles. The fourth-order valence-corrected chi connectivity index (χ4v) is 2.58. The van der Waals surface area contributed by atoms with Gasteiger partial charge in [0.15, 0.2) is 0 Å². The average Bonchev–Trinajstić information content (AvgIpc) is 3.18. The second kappa shape index (κ2) is 5.25. The minimum absolute atomic E-state index is 0.0178. The van der Waals surface area contributed by atoms with Gasteiger partial charge in [-0.2, -0.15) is 0 Å². The maximum Gasteiger partial charge on any atom is 0.240 e. The number of rotatable bonds is 4. The van der Waals surface area contributed by atoms with Gasteiger partial charge in [0.1, 0.15) is 5.82 Å². The summed E-state index contributed by atoms with van der Waals surface area (Å²) in [6.07, 6.45) is 6.23. The van der Waals surface area contributed by atoms with Crippen LogP contribution in [0.25, 0.3) is 0 Å². The largest absolute Gasteiger partial charge is 0.335 e. The van der Waals surface area contributed by atoms with Gasteiger partial charge < -0.3 is 10.2 Å². The van der Waals surface area contributed by atoms with Gasteiger partial charge in [0.2, 0.25) is 5.91 Å². The van der Waals surface area contributed by atoms with Crippen molar-refractivity contribution in [3.8, 4) is 0 Å². The van der Waals surface area contributed by atoms with Gasteiger partial charge in [-0.1, -0.05) is 0 Å². The van der Waals surface area contributed by atoms with Gasteiger partial charge in [0.05, 0.1) is 18.3 Å². The predicted octanol–water partition coefficient (Wildman–Crippen LogP) is 1.03. The Kier molecular flexibility index (Phi) is 3.46. The van der Waals surface area contributed by atoms with Crippen LogP contribution in [-0.2, 0) is 11.3 Å². The average molecular weight is 260 g/mol. The molecule has 5 heteroatoms. The highest BCUT2D eigenvalue weighted by Gasteiger charge is 2.33. The van der Waals surface area contributed by atoms with Crippen molar-refractivity contribution in [2.45, 2.75) is 51.2 Å². The molecule has 19 heavy (non-hydrogen) atoms. The molecule has 1 atom stereocenters. The van der Waals surface area contributed by atoms with E-state index in [0.717, 1.165) is 30.9 Å². The monoisotopic (exact) mass is 260 g/mol. The van der Waals surface area contributed by atoms with Crippen molar-refractivity contribution >= 4 is 5.91 Å². The molecule has 2 heterocycles. The van der Waals surface area contributed by atoms with Gasteiger partial charge in [-0.3, -0.25) is 4.79 Å². The molecule has 0 aromatic carbocycles. The summed E-state index contributed by atoms with van der Waals surface area (Å²) < 4.78 is 0. The summed E-state index contributed by atoms with van der Waals surface area (Å²) in [7, 11) is 0. The van der Waals surface area contributed by atoms with Crippen molar-refractivity contribution in [2.24, 2.45) is 0 Å². The summed E-state index contributed by atoms with van der Waals surface area (Å²) in [5, 5.41) is 3.45. The van der Waals surface area contributed by atoms with Crippen LogP contribution < -0.4 is 5.32 Å². The minimum Gasteiger partial charge on any atom is -0.335 e. The summed E-state index contributed by atoms with van der Waals surface area (Å²) in [6.45, 7) is 3.31. The molecule has 3 rings (SSSR count). The Bertz CT molecular complexity index is 472. The van der Waals surface area contributed by atoms with Crippen LogP contribution in [0, 0.1) is 6.92 Å². The third kappa shape index (κ3) is 3.10. The van der Waals surface area contributed by atoms with Crippen molar-refractivity contribution in [3.05, 3.63) is 23.8 Å². The number of carbonyl (C=O) groups excluding carboxylic acids is 1. The number of hydrogen-bond donors (Lipinski definition) is 1. The Morgan fingerprint density at radius 3 is 3.00 bits per heavy atom. The molecule has 1 N–H and O–H groups in total. The maximum atomic E-state index is 12.4. The third-order valence-electron chi connectivity index (χ3n) is 3.73. The summed E-state index contributed by atoms with van der Waals surface area (Å²) in [5.41, 5.74) is 0.924. The Morgan fingerprint density at radius 1 is 1.42 bits per heavy atom. The van der Waals surface area contributed by atoms with E-state index in [9.17, 15) is 4.79 Å². The standard InChI is InChI=1S/C14H20N4O/c1-10-15-7-6-12(16-10)9-18-8-2-3-13(14(18)19)17-11-4-5-11/h6-7,11,13,17H,2-5,8-9H2,1H3. The number of aryl methyl sites for hydroxylation is 1. The number of nitrogens with one attached hydrogen (secondary N) is 1. The normalized spacial score (nSPS) is 23.7. The summed E-state index contributed by atoms with van der Waals surface area (Å²) in [5.74, 6) is 0.990. The van der Waals surface area contributed by atoms with E-state index < -0.39 is 0 Å². The van der Waals surface area contributed by atoms with E-state index in [1.807, 2.05) is 17.9 Å². The maximum absolute atomic E-state index is 12.4. The van der Waals surface area contributed by atoms with Gasteiger partial charge in [0.25, 0.3) is 0 Å². The van der Waals surface area contributed by atoms with Crippen LogP contribution >= 0.6 is 0 Å². The van der Waals surface area contributed by atoms with Crippen LogP contribution in [0.2, 0.25) is 0 Å². The van der Waals surface area contributed by atoms with E-state index in [4.69, 9.17) is 0 Å². The first-order valence-electron chi connectivity index (χ1n) is 7.06. The van der Waals surface area contributed by atoms with E-state index in [1.165, 1.54) is 12.8 Å². The van der Waals surface area contributed by atoms with Crippen molar-refractivity contribution in [2.75, 3.05) is 6.54 Å². The van der Waals surface area contributed by atoms with Crippen LogP contribution in [0.3, 0.4) is 0 Å². The molecule has 1 aromatic heterocycles. The lowest BCUT2D eigenvalue weighted by molar-refractivity contribution is -0.136. The van der Waals surface area contributed by atoms with E-state index in [-0.39, 0.29) is 11.9 Å². The third-order valence-corrected chi connectivity index (χ3v) is 3.73. The number of nitrogens with zero attached hydrogens (tertiary/aromatic N) is 3. The number of carbonyl (C=O) groups is 1. The zero-order chi connectivity index (χ0) is 13.2. The fourth-order valence-electron chi connectivity index (χ4n) is 2.58. The zero-order valence-electron chi connectivity index (χ0n) is 11.3. The molecule has 0 spiro atoms. The predicted molar refractivity (Wildman–Crippen MR) is 71.4 cm³/mol. The van der Waals surface area contributed by atoms with Gasteiger partial charge in [-0.05, 0) is 38.7 Å². The van der Waals surface area contributed by atoms with Crippen molar-refractivity contribution < 1.29 is 4.79 Å².